The highest BCUT2D eigenvalue weighted by molar-refractivity contribution is 8.18. The van der Waals surface area contributed by atoms with E-state index in [0.29, 0.717) is 32.0 Å². The summed E-state index contributed by atoms with van der Waals surface area (Å²) in [5, 5.41) is 13.6. The van der Waals surface area contributed by atoms with Crippen molar-refractivity contribution < 1.29 is 14.3 Å². The minimum absolute atomic E-state index is 0.0106. The van der Waals surface area contributed by atoms with E-state index in [9.17, 15) is 9.59 Å². The normalized spacial score (nSPS) is 15.0. The van der Waals surface area contributed by atoms with E-state index in [2.05, 4.69) is 10.6 Å². The Bertz CT molecular complexity index is 945. The highest BCUT2D eigenvalue weighted by Crippen LogP contribution is 2.31. The van der Waals surface area contributed by atoms with Crippen molar-refractivity contribution in [3.63, 3.8) is 0 Å². The summed E-state index contributed by atoms with van der Waals surface area (Å²) in [6, 6.07) is 11.6. The zero-order valence-corrected chi connectivity index (χ0v) is 16.0. The highest BCUT2D eigenvalue weighted by Gasteiger charge is 2.22. The lowest BCUT2D eigenvalue weighted by Crippen LogP contribution is -2.20. The largest absolute Gasteiger partial charge is 0.483 e. The number of amidine groups is 1. The molecular formula is C18H13Cl2N3O3S. The Balaban J connectivity index is 1.70. The van der Waals surface area contributed by atoms with Crippen LogP contribution in [0.3, 0.4) is 0 Å². The number of hydrogen-bond donors (Lipinski definition) is 3. The molecule has 1 aliphatic heterocycles. The van der Waals surface area contributed by atoms with Crippen LogP contribution >= 0.6 is 35.0 Å². The summed E-state index contributed by atoms with van der Waals surface area (Å²) in [6.45, 7) is -0.220. The molecule has 0 spiro atoms. The minimum Gasteiger partial charge on any atom is -0.483 e. The predicted octanol–water partition coefficient (Wildman–Crippen LogP) is 4.79. The SMILES string of the molecule is N=C1NC(=O)SC1=Cc1cc(Cl)ccc1OCC(=O)Nc1ccc(Cl)cc1. The zero-order valence-electron chi connectivity index (χ0n) is 13.7. The molecule has 1 fully saturated rings. The predicted molar refractivity (Wildman–Crippen MR) is 109 cm³/mol. The zero-order chi connectivity index (χ0) is 19.4. The Morgan fingerprint density at radius 3 is 2.56 bits per heavy atom. The average molecular weight is 422 g/mol. The van der Waals surface area contributed by atoms with Gasteiger partial charge in [0, 0.05) is 21.3 Å². The van der Waals surface area contributed by atoms with Gasteiger partial charge in [-0.3, -0.25) is 15.0 Å². The molecule has 0 aliphatic carbocycles. The molecule has 3 rings (SSSR count). The molecule has 0 atom stereocenters. The van der Waals surface area contributed by atoms with Crippen LogP contribution in [0.15, 0.2) is 47.4 Å². The number of nitrogens with one attached hydrogen (secondary N) is 3. The van der Waals surface area contributed by atoms with Crippen LogP contribution in [-0.4, -0.2) is 23.6 Å². The van der Waals surface area contributed by atoms with Crippen molar-refractivity contribution in [2.45, 2.75) is 0 Å². The van der Waals surface area contributed by atoms with E-state index in [0.717, 1.165) is 11.8 Å². The van der Waals surface area contributed by atoms with Gasteiger partial charge in [-0.25, -0.2) is 0 Å². The average Bonchev–Trinajstić information content (AvgIpc) is 2.93. The van der Waals surface area contributed by atoms with E-state index >= 15 is 0 Å². The van der Waals surface area contributed by atoms with E-state index in [1.807, 2.05) is 0 Å². The van der Waals surface area contributed by atoms with Gasteiger partial charge in [-0.05, 0) is 60.3 Å². The fourth-order valence-electron chi connectivity index (χ4n) is 2.22. The lowest BCUT2D eigenvalue weighted by molar-refractivity contribution is -0.118. The molecule has 0 aromatic heterocycles. The fraction of sp³-hybridized carbons (Fsp3) is 0.0556. The van der Waals surface area contributed by atoms with Crippen LogP contribution in [0, 0.1) is 5.41 Å². The number of amides is 2. The Morgan fingerprint density at radius 2 is 1.89 bits per heavy atom. The second-order valence-electron chi connectivity index (χ2n) is 5.42. The second-order valence-corrected chi connectivity index (χ2v) is 7.31. The van der Waals surface area contributed by atoms with Gasteiger partial charge in [-0.15, -0.1) is 0 Å². The van der Waals surface area contributed by atoms with Gasteiger partial charge >= 0.3 is 0 Å². The number of thioether (sulfide) groups is 1. The van der Waals surface area contributed by atoms with Crippen molar-refractivity contribution in [3.8, 4) is 5.75 Å². The first-order chi connectivity index (χ1) is 12.9. The molecule has 6 nitrogen and oxygen atoms in total. The van der Waals surface area contributed by atoms with Crippen molar-refractivity contribution in [1.82, 2.24) is 5.32 Å². The summed E-state index contributed by atoms with van der Waals surface area (Å²) in [5.41, 5.74) is 1.16. The van der Waals surface area contributed by atoms with Crippen LogP contribution in [0.25, 0.3) is 6.08 Å². The van der Waals surface area contributed by atoms with Gasteiger partial charge < -0.3 is 15.4 Å². The third-order valence-corrected chi connectivity index (χ3v) is 4.74. The van der Waals surface area contributed by atoms with Crippen molar-refractivity contribution in [3.05, 3.63) is 63.0 Å². The van der Waals surface area contributed by atoms with Crippen LogP contribution in [0.4, 0.5) is 10.5 Å². The van der Waals surface area contributed by atoms with Crippen molar-refractivity contribution in [2.24, 2.45) is 0 Å². The van der Waals surface area contributed by atoms with Gasteiger partial charge in [0.15, 0.2) is 6.61 Å². The van der Waals surface area contributed by atoms with Crippen molar-refractivity contribution >= 4 is 63.7 Å². The van der Waals surface area contributed by atoms with E-state index in [4.69, 9.17) is 33.3 Å². The first-order valence-corrected chi connectivity index (χ1v) is 9.25. The summed E-state index contributed by atoms with van der Waals surface area (Å²) in [7, 11) is 0. The minimum atomic E-state index is -0.342. The Hall–Kier alpha value is -2.48. The Kier molecular flexibility index (Phi) is 6.05. The number of ether oxygens (including phenoxy) is 1. The summed E-state index contributed by atoms with van der Waals surface area (Å²) in [5.74, 6) is 0.0769. The molecule has 0 bridgehead atoms. The molecule has 2 amide bonds. The van der Waals surface area contributed by atoms with Gasteiger partial charge in [-0.1, -0.05) is 23.2 Å². The molecule has 1 heterocycles. The smallest absolute Gasteiger partial charge is 0.289 e. The van der Waals surface area contributed by atoms with Crippen molar-refractivity contribution in [2.75, 3.05) is 11.9 Å². The summed E-state index contributed by atoms with van der Waals surface area (Å²) < 4.78 is 5.60. The lowest BCUT2D eigenvalue weighted by Gasteiger charge is -2.11. The molecule has 2 aromatic rings. The van der Waals surface area contributed by atoms with Gasteiger partial charge in [-0.2, -0.15) is 0 Å². The van der Waals surface area contributed by atoms with E-state index in [1.54, 1.807) is 48.5 Å². The van der Waals surface area contributed by atoms with Gasteiger partial charge in [0.2, 0.25) is 0 Å². The number of anilines is 1. The third kappa shape index (κ3) is 5.26. The topological polar surface area (TPSA) is 91.3 Å². The van der Waals surface area contributed by atoms with Crippen LogP contribution in [0.5, 0.6) is 5.75 Å². The number of carbonyl (C=O) groups excluding carboxylic acids is 2. The fourth-order valence-corrected chi connectivity index (χ4v) is 3.22. The molecule has 27 heavy (non-hydrogen) atoms. The molecule has 138 valence electrons. The number of hydrogen-bond acceptors (Lipinski definition) is 5. The molecule has 9 heteroatoms. The quantitative estimate of drug-likeness (QED) is 0.647. The third-order valence-electron chi connectivity index (χ3n) is 3.42. The van der Waals surface area contributed by atoms with E-state index in [-0.39, 0.29) is 23.6 Å². The second kappa shape index (κ2) is 8.47. The van der Waals surface area contributed by atoms with Crippen LogP contribution < -0.4 is 15.4 Å². The molecule has 1 aliphatic rings. The van der Waals surface area contributed by atoms with E-state index < -0.39 is 0 Å². The maximum absolute atomic E-state index is 12.1. The molecule has 0 saturated carbocycles. The molecule has 0 unspecified atom stereocenters. The first kappa shape index (κ1) is 19.3. The molecule has 3 N–H and O–H groups in total. The summed E-state index contributed by atoms with van der Waals surface area (Å²) >= 11 is 12.8. The van der Waals surface area contributed by atoms with Crippen molar-refractivity contribution in [1.29, 1.82) is 5.41 Å². The standard InChI is InChI=1S/C18H13Cl2N3O3S/c19-11-1-4-13(5-2-11)22-16(24)9-26-14-6-3-12(20)7-10(14)8-15-17(21)23-18(25)27-15/h1-8H,9H2,(H,22,24)(H2,21,23,25). The maximum atomic E-state index is 12.1. The van der Waals surface area contributed by atoms with E-state index in [1.165, 1.54) is 0 Å². The number of halogens is 2. The van der Waals surface area contributed by atoms with Crippen LogP contribution in [-0.2, 0) is 4.79 Å². The van der Waals surface area contributed by atoms with Crippen LogP contribution in [0.1, 0.15) is 5.56 Å². The first-order valence-electron chi connectivity index (χ1n) is 7.68. The monoisotopic (exact) mass is 421 g/mol. The number of benzene rings is 2. The molecule has 0 radical (unpaired) electrons. The van der Waals surface area contributed by atoms with Gasteiger partial charge in [0.1, 0.15) is 11.6 Å². The molecule has 2 aromatic carbocycles. The highest BCUT2D eigenvalue weighted by atomic mass is 35.5. The number of carbonyl (C=O) groups is 2. The summed E-state index contributed by atoms with van der Waals surface area (Å²) in [6.07, 6.45) is 1.61. The van der Waals surface area contributed by atoms with Gasteiger partial charge in [0.25, 0.3) is 11.1 Å². The Labute approximate surface area is 169 Å². The molecular weight excluding hydrogens is 409 g/mol. The lowest BCUT2D eigenvalue weighted by atomic mass is 10.2. The summed E-state index contributed by atoms with van der Waals surface area (Å²) in [4.78, 5) is 23.9. The maximum Gasteiger partial charge on any atom is 0.289 e. The Morgan fingerprint density at radius 1 is 1.19 bits per heavy atom. The number of rotatable bonds is 5. The van der Waals surface area contributed by atoms with Crippen LogP contribution in [0.2, 0.25) is 10.0 Å². The molecule has 1 saturated heterocycles. The van der Waals surface area contributed by atoms with Gasteiger partial charge in [0.05, 0.1) is 4.91 Å².